The second kappa shape index (κ2) is 4.44. The van der Waals surface area contributed by atoms with Gasteiger partial charge in [-0.1, -0.05) is 31.0 Å². The molecule has 4 heteroatoms. The van der Waals surface area contributed by atoms with E-state index in [2.05, 4.69) is 0 Å². The van der Waals surface area contributed by atoms with E-state index in [0.29, 0.717) is 0 Å². The third-order valence-electron chi connectivity index (χ3n) is 3.78. The van der Waals surface area contributed by atoms with Gasteiger partial charge in [0.2, 0.25) is 0 Å². The number of hydrogen-bond donors (Lipinski definition) is 0. The van der Waals surface area contributed by atoms with Crippen molar-refractivity contribution in [3.63, 3.8) is 0 Å². The highest BCUT2D eigenvalue weighted by molar-refractivity contribution is 5.99. The van der Waals surface area contributed by atoms with Gasteiger partial charge in [-0.2, -0.15) is 0 Å². The van der Waals surface area contributed by atoms with Gasteiger partial charge in [-0.3, -0.25) is 9.69 Å². The largest absolute Gasteiger partial charge is 0.422 e. The Kier molecular flexibility index (Phi) is 2.78. The Balaban J connectivity index is 1.96. The second-order valence-corrected chi connectivity index (χ2v) is 4.85. The van der Waals surface area contributed by atoms with Crippen LogP contribution in [0.5, 0.6) is 0 Å². The van der Waals surface area contributed by atoms with Crippen LogP contribution >= 0.6 is 0 Å². The maximum Gasteiger partial charge on any atom is 0.422 e. The molecule has 0 spiro atoms. The number of nitrogens with zero attached hydrogens (tertiary/aromatic N) is 1. The molecule has 4 nitrogen and oxygen atoms in total. The summed E-state index contributed by atoms with van der Waals surface area (Å²) in [7, 11) is 0. The normalized spacial score (nSPS) is 27.7. The van der Waals surface area contributed by atoms with Gasteiger partial charge in [-0.15, -0.1) is 0 Å². The molecule has 1 saturated heterocycles. The van der Waals surface area contributed by atoms with Crippen molar-refractivity contribution in [2.45, 2.75) is 31.7 Å². The van der Waals surface area contributed by atoms with E-state index in [0.717, 1.165) is 31.4 Å². The summed E-state index contributed by atoms with van der Waals surface area (Å²) in [6, 6.07) is 9.40. The fraction of sp³-hybridized carbons (Fsp3) is 0.429. The van der Waals surface area contributed by atoms with E-state index in [4.69, 9.17) is 4.74 Å². The van der Waals surface area contributed by atoms with E-state index >= 15 is 0 Å². The van der Waals surface area contributed by atoms with Crippen molar-refractivity contribution in [2.75, 3.05) is 4.90 Å². The Bertz CT molecular complexity index is 471. The number of rotatable bonds is 1. The minimum atomic E-state index is -0.533. The lowest BCUT2D eigenvalue weighted by Gasteiger charge is -2.41. The Morgan fingerprint density at radius 3 is 2.56 bits per heavy atom. The van der Waals surface area contributed by atoms with E-state index < -0.39 is 6.09 Å². The van der Waals surface area contributed by atoms with Gasteiger partial charge in [0, 0.05) is 5.69 Å². The smallest absolute Gasteiger partial charge is 0.376 e. The summed E-state index contributed by atoms with van der Waals surface area (Å²) >= 11 is 0. The SMILES string of the molecule is O=C1OC(=O)N(c2ccccc2)C2CCCCC12. The molecule has 2 fully saturated rings. The highest BCUT2D eigenvalue weighted by Crippen LogP contribution is 2.35. The number of amides is 1. The van der Waals surface area contributed by atoms with Crippen LogP contribution in [0.2, 0.25) is 0 Å². The number of carbonyl (C=O) groups excluding carboxylic acids is 2. The molecule has 1 amide bonds. The van der Waals surface area contributed by atoms with Crippen molar-refractivity contribution in [1.82, 2.24) is 0 Å². The van der Waals surface area contributed by atoms with E-state index in [9.17, 15) is 9.59 Å². The predicted molar refractivity (Wildman–Crippen MR) is 66.2 cm³/mol. The standard InChI is InChI=1S/C14H15NO3/c16-13-11-8-4-5-9-12(11)15(14(17)18-13)10-6-2-1-3-7-10/h1-3,6-7,11-12H,4-5,8-9H2. The number of cyclic esters (lactones) is 2. The van der Waals surface area contributed by atoms with Crippen molar-refractivity contribution >= 4 is 17.7 Å². The number of benzene rings is 1. The summed E-state index contributed by atoms with van der Waals surface area (Å²) in [5, 5.41) is 0. The van der Waals surface area contributed by atoms with Gasteiger partial charge in [0.25, 0.3) is 0 Å². The Morgan fingerprint density at radius 2 is 1.78 bits per heavy atom. The molecule has 2 unspecified atom stereocenters. The molecule has 0 aromatic heterocycles. The van der Waals surface area contributed by atoms with Crippen LogP contribution in [0, 0.1) is 5.92 Å². The molecule has 0 bridgehead atoms. The van der Waals surface area contributed by atoms with E-state index in [1.54, 1.807) is 4.90 Å². The van der Waals surface area contributed by atoms with Crippen molar-refractivity contribution in [3.8, 4) is 0 Å². The monoisotopic (exact) mass is 245 g/mol. The van der Waals surface area contributed by atoms with E-state index in [1.807, 2.05) is 30.3 Å². The maximum absolute atomic E-state index is 11.9. The second-order valence-electron chi connectivity index (χ2n) is 4.85. The summed E-state index contributed by atoms with van der Waals surface area (Å²) < 4.78 is 4.87. The summed E-state index contributed by atoms with van der Waals surface area (Å²) in [4.78, 5) is 25.3. The fourth-order valence-electron chi connectivity index (χ4n) is 2.93. The topological polar surface area (TPSA) is 46.6 Å². The van der Waals surface area contributed by atoms with Crippen molar-refractivity contribution < 1.29 is 14.3 Å². The first-order chi connectivity index (χ1) is 8.77. The first-order valence-corrected chi connectivity index (χ1v) is 6.37. The Morgan fingerprint density at radius 1 is 1.06 bits per heavy atom. The number of hydrogen-bond acceptors (Lipinski definition) is 3. The Hall–Kier alpha value is -1.84. The Labute approximate surface area is 106 Å². The molecule has 1 aromatic rings. The average Bonchev–Trinajstić information content (AvgIpc) is 2.40. The first kappa shape index (κ1) is 11.3. The van der Waals surface area contributed by atoms with Gasteiger partial charge >= 0.3 is 12.1 Å². The molecule has 1 aromatic carbocycles. The molecule has 2 atom stereocenters. The van der Waals surface area contributed by atoms with Gasteiger partial charge in [0.1, 0.15) is 0 Å². The van der Waals surface area contributed by atoms with Crippen LogP contribution in [-0.4, -0.2) is 18.1 Å². The van der Waals surface area contributed by atoms with E-state index in [1.165, 1.54) is 0 Å². The fourth-order valence-corrected chi connectivity index (χ4v) is 2.93. The average molecular weight is 245 g/mol. The number of para-hydroxylation sites is 1. The highest BCUT2D eigenvalue weighted by atomic mass is 16.6. The molecular formula is C14H15NO3. The lowest BCUT2D eigenvalue weighted by molar-refractivity contribution is -0.145. The van der Waals surface area contributed by atoms with E-state index in [-0.39, 0.29) is 17.9 Å². The minimum Gasteiger partial charge on any atom is -0.376 e. The molecule has 1 aliphatic heterocycles. The van der Waals surface area contributed by atoms with Crippen LogP contribution in [0.15, 0.2) is 30.3 Å². The molecule has 1 heterocycles. The first-order valence-electron chi connectivity index (χ1n) is 6.37. The molecule has 94 valence electrons. The molecule has 0 radical (unpaired) electrons. The highest BCUT2D eigenvalue weighted by Gasteiger charge is 2.44. The van der Waals surface area contributed by atoms with Crippen molar-refractivity contribution in [3.05, 3.63) is 30.3 Å². The summed E-state index contributed by atoms with van der Waals surface area (Å²) in [5.74, 6) is -0.506. The lowest BCUT2D eigenvalue weighted by Crippen LogP contribution is -2.54. The minimum absolute atomic E-state index is 0.0325. The number of anilines is 1. The van der Waals surface area contributed by atoms with Crippen LogP contribution in [0.4, 0.5) is 10.5 Å². The number of esters is 1. The predicted octanol–water partition coefficient (Wildman–Crippen LogP) is 2.73. The third kappa shape index (κ3) is 1.78. The zero-order valence-corrected chi connectivity index (χ0v) is 10.0. The number of carbonyl (C=O) groups is 2. The molecular weight excluding hydrogens is 230 g/mol. The summed E-state index contributed by atoms with van der Waals surface area (Å²) in [5.41, 5.74) is 0.812. The quantitative estimate of drug-likeness (QED) is 0.564. The van der Waals surface area contributed by atoms with Crippen LogP contribution in [0.3, 0.4) is 0 Å². The van der Waals surface area contributed by atoms with Crippen LogP contribution < -0.4 is 4.90 Å². The summed E-state index contributed by atoms with van der Waals surface area (Å²) in [6.07, 6.45) is 3.26. The lowest BCUT2D eigenvalue weighted by atomic mass is 9.82. The molecule has 0 N–H and O–H groups in total. The van der Waals surface area contributed by atoms with Crippen molar-refractivity contribution in [1.29, 1.82) is 0 Å². The molecule has 1 saturated carbocycles. The van der Waals surface area contributed by atoms with Gasteiger partial charge in [0.05, 0.1) is 12.0 Å². The zero-order chi connectivity index (χ0) is 12.5. The number of fused-ring (bicyclic) bond motifs is 1. The molecule has 2 aliphatic rings. The van der Waals surface area contributed by atoms with Gasteiger partial charge in [-0.05, 0) is 25.0 Å². The molecule has 18 heavy (non-hydrogen) atoms. The van der Waals surface area contributed by atoms with Crippen LogP contribution in [-0.2, 0) is 9.53 Å². The van der Waals surface area contributed by atoms with Gasteiger partial charge < -0.3 is 4.74 Å². The zero-order valence-electron chi connectivity index (χ0n) is 10.0. The van der Waals surface area contributed by atoms with Gasteiger partial charge in [0.15, 0.2) is 0 Å². The summed E-state index contributed by atoms with van der Waals surface area (Å²) in [6.45, 7) is 0. The molecule has 3 rings (SSSR count). The maximum atomic E-state index is 11.9. The number of ether oxygens (including phenoxy) is 1. The third-order valence-corrected chi connectivity index (χ3v) is 3.78. The molecule has 1 aliphatic carbocycles. The van der Waals surface area contributed by atoms with Crippen LogP contribution in [0.1, 0.15) is 25.7 Å². The van der Waals surface area contributed by atoms with Gasteiger partial charge in [-0.25, -0.2) is 4.79 Å². The van der Waals surface area contributed by atoms with Crippen LogP contribution in [0.25, 0.3) is 0 Å². The van der Waals surface area contributed by atoms with Crippen molar-refractivity contribution in [2.24, 2.45) is 5.92 Å².